The largest absolute Gasteiger partial charge is 0.493 e. The third-order valence-electron chi connectivity index (χ3n) is 4.71. The minimum absolute atomic E-state index is 0.756. The molecule has 0 amide bonds. The number of ether oxygens (including phenoxy) is 2. The Morgan fingerprint density at radius 3 is 2.39 bits per heavy atom. The highest BCUT2D eigenvalue weighted by molar-refractivity contribution is 5.88. The van der Waals surface area contributed by atoms with Crippen molar-refractivity contribution in [3.05, 3.63) is 23.4 Å². The maximum absolute atomic E-state index is 5.82. The van der Waals surface area contributed by atoms with Gasteiger partial charge in [-0.3, -0.25) is 5.84 Å². The van der Waals surface area contributed by atoms with Crippen LogP contribution in [-0.4, -0.2) is 61.8 Å². The highest BCUT2D eigenvalue weighted by Crippen LogP contribution is 2.34. The number of hydrazine groups is 1. The highest BCUT2D eigenvalue weighted by atomic mass is 16.5. The number of fused-ring (bicyclic) bond motifs is 1. The average Bonchev–Trinajstić information content (AvgIpc) is 2.87. The van der Waals surface area contributed by atoms with Gasteiger partial charge in [-0.05, 0) is 25.0 Å². The molecule has 1 aliphatic heterocycles. The number of benzene rings is 1. The predicted molar refractivity (Wildman–Crippen MR) is 92.0 cm³/mol. The molecule has 0 radical (unpaired) electrons. The van der Waals surface area contributed by atoms with Crippen molar-refractivity contribution in [2.24, 2.45) is 5.84 Å². The van der Waals surface area contributed by atoms with E-state index in [-0.39, 0.29) is 0 Å². The van der Waals surface area contributed by atoms with E-state index < -0.39 is 0 Å². The number of methoxy groups -OCH3 is 2. The molecule has 3 rings (SSSR count). The number of nitrogens with zero attached hydrogens (tertiary/aromatic N) is 2. The van der Waals surface area contributed by atoms with Crippen LogP contribution in [0.1, 0.15) is 11.3 Å². The van der Waals surface area contributed by atoms with Crippen LogP contribution in [-0.2, 0) is 6.42 Å². The number of piperazine rings is 1. The van der Waals surface area contributed by atoms with E-state index in [1.165, 1.54) is 16.6 Å². The summed E-state index contributed by atoms with van der Waals surface area (Å²) in [5.41, 5.74) is 3.67. The predicted octanol–water partition coefficient (Wildman–Crippen LogP) is 1.53. The Morgan fingerprint density at radius 1 is 1.09 bits per heavy atom. The van der Waals surface area contributed by atoms with Crippen LogP contribution in [0.3, 0.4) is 0 Å². The van der Waals surface area contributed by atoms with Gasteiger partial charge in [0, 0.05) is 55.4 Å². The van der Waals surface area contributed by atoms with E-state index in [0.29, 0.717) is 0 Å². The summed E-state index contributed by atoms with van der Waals surface area (Å²) in [6, 6.07) is 4.09. The Morgan fingerprint density at radius 2 is 1.74 bits per heavy atom. The molecule has 6 nitrogen and oxygen atoms in total. The second-order valence-corrected chi connectivity index (χ2v) is 6.11. The third-order valence-corrected chi connectivity index (χ3v) is 4.71. The molecule has 6 heteroatoms. The molecule has 0 bridgehead atoms. The molecule has 1 saturated heterocycles. The van der Waals surface area contributed by atoms with Gasteiger partial charge in [-0.25, -0.2) is 5.01 Å². The lowest BCUT2D eigenvalue weighted by Crippen LogP contribution is -2.49. The van der Waals surface area contributed by atoms with E-state index in [1.807, 2.05) is 11.1 Å². The van der Waals surface area contributed by atoms with E-state index in [1.54, 1.807) is 14.2 Å². The van der Waals surface area contributed by atoms with Gasteiger partial charge in [-0.2, -0.15) is 0 Å². The number of nitrogens with one attached hydrogen (secondary N) is 1. The zero-order chi connectivity index (χ0) is 16.4. The lowest BCUT2D eigenvalue weighted by Gasteiger charge is -2.31. The maximum atomic E-state index is 5.82. The number of hydrogen-bond donors (Lipinski definition) is 2. The molecular weight excluding hydrogens is 292 g/mol. The number of rotatable bonds is 5. The van der Waals surface area contributed by atoms with Crippen LogP contribution >= 0.6 is 0 Å². The van der Waals surface area contributed by atoms with Gasteiger partial charge >= 0.3 is 0 Å². The number of H-pyrrole nitrogens is 1. The molecule has 1 fully saturated rings. The van der Waals surface area contributed by atoms with Gasteiger partial charge in [0.2, 0.25) is 0 Å². The molecule has 23 heavy (non-hydrogen) atoms. The molecule has 1 aliphatic rings. The number of aryl methyl sites for hydroxylation is 1. The van der Waals surface area contributed by atoms with Crippen molar-refractivity contribution in [1.82, 2.24) is 14.9 Å². The second kappa shape index (κ2) is 6.78. The van der Waals surface area contributed by atoms with Gasteiger partial charge in [0.05, 0.1) is 14.2 Å². The van der Waals surface area contributed by atoms with Crippen LogP contribution in [0.5, 0.6) is 11.5 Å². The fraction of sp³-hybridized carbons (Fsp3) is 0.529. The quantitative estimate of drug-likeness (QED) is 0.819. The van der Waals surface area contributed by atoms with Gasteiger partial charge in [0.15, 0.2) is 11.5 Å². The highest BCUT2D eigenvalue weighted by Gasteiger charge is 2.17. The lowest BCUT2D eigenvalue weighted by atomic mass is 10.1. The molecule has 0 aliphatic carbocycles. The van der Waals surface area contributed by atoms with Crippen molar-refractivity contribution < 1.29 is 9.47 Å². The van der Waals surface area contributed by atoms with Gasteiger partial charge in [0.1, 0.15) is 0 Å². The van der Waals surface area contributed by atoms with Crippen LogP contribution in [0, 0.1) is 6.92 Å². The summed E-state index contributed by atoms with van der Waals surface area (Å²) in [5, 5.41) is 3.11. The monoisotopic (exact) mass is 318 g/mol. The molecular formula is C17H26N4O2. The number of aromatic amines is 1. The minimum atomic E-state index is 0.756. The third kappa shape index (κ3) is 3.29. The van der Waals surface area contributed by atoms with E-state index in [4.69, 9.17) is 15.3 Å². The van der Waals surface area contributed by atoms with Crippen LogP contribution in [0.4, 0.5) is 0 Å². The van der Waals surface area contributed by atoms with Gasteiger partial charge in [-0.15, -0.1) is 0 Å². The lowest BCUT2D eigenvalue weighted by molar-refractivity contribution is 0.135. The normalized spacial score (nSPS) is 16.9. The van der Waals surface area contributed by atoms with Crippen LogP contribution in [0.25, 0.3) is 10.9 Å². The van der Waals surface area contributed by atoms with Crippen LogP contribution in [0.2, 0.25) is 0 Å². The molecule has 0 spiro atoms. The summed E-state index contributed by atoms with van der Waals surface area (Å²) in [5.74, 6) is 7.35. The fourth-order valence-electron chi connectivity index (χ4n) is 3.29. The molecule has 0 unspecified atom stereocenters. The first-order chi connectivity index (χ1) is 11.1. The standard InChI is InChI=1S/C17H26N4O2/c1-12-13(4-5-20-6-8-21(18)9-7-20)14-10-16(22-2)17(23-3)11-15(14)19-12/h10-11,19H,4-9,18H2,1-3H3. The summed E-state index contributed by atoms with van der Waals surface area (Å²) in [6.07, 6.45) is 1.02. The van der Waals surface area contributed by atoms with Gasteiger partial charge < -0.3 is 19.4 Å². The number of hydrogen-bond acceptors (Lipinski definition) is 5. The molecule has 2 heterocycles. The van der Waals surface area contributed by atoms with Crippen molar-refractivity contribution in [2.75, 3.05) is 46.9 Å². The molecule has 126 valence electrons. The van der Waals surface area contributed by atoms with Crippen molar-refractivity contribution >= 4 is 10.9 Å². The summed E-state index contributed by atoms with van der Waals surface area (Å²) >= 11 is 0. The van der Waals surface area contributed by atoms with Crippen LogP contribution in [0.15, 0.2) is 12.1 Å². The second-order valence-electron chi connectivity index (χ2n) is 6.11. The summed E-state index contributed by atoms with van der Waals surface area (Å²) in [6.45, 7) is 7.14. The zero-order valence-electron chi connectivity index (χ0n) is 14.2. The Bertz CT molecular complexity index is 675. The first-order valence-corrected chi connectivity index (χ1v) is 8.07. The first kappa shape index (κ1) is 16.1. The van der Waals surface area contributed by atoms with Crippen molar-refractivity contribution in [3.63, 3.8) is 0 Å². The molecule has 0 atom stereocenters. The molecule has 3 N–H and O–H groups in total. The zero-order valence-corrected chi connectivity index (χ0v) is 14.2. The molecule has 1 aromatic heterocycles. The van der Waals surface area contributed by atoms with E-state index in [9.17, 15) is 0 Å². The van der Waals surface area contributed by atoms with E-state index in [2.05, 4.69) is 22.9 Å². The SMILES string of the molecule is COc1cc2[nH]c(C)c(CCN3CCN(N)CC3)c2cc1OC. The Balaban J connectivity index is 1.81. The van der Waals surface area contributed by atoms with Crippen molar-refractivity contribution in [3.8, 4) is 11.5 Å². The average molecular weight is 318 g/mol. The number of nitrogens with two attached hydrogens (primary N) is 1. The molecule has 2 aromatic rings. The Hall–Kier alpha value is -1.76. The first-order valence-electron chi connectivity index (χ1n) is 8.07. The Kier molecular flexibility index (Phi) is 4.75. The van der Waals surface area contributed by atoms with E-state index in [0.717, 1.165) is 56.2 Å². The van der Waals surface area contributed by atoms with Gasteiger partial charge in [-0.1, -0.05) is 0 Å². The van der Waals surface area contributed by atoms with Crippen molar-refractivity contribution in [1.29, 1.82) is 0 Å². The minimum Gasteiger partial charge on any atom is -0.493 e. The summed E-state index contributed by atoms with van der Waals surface area (Å²) in [7, 11) is 3.34. The molecule has 0 saturated carbocycles. The summed E-state index contributed by atoms with van der Waals surface area (Å²) < 4.78 is 10.8. The maximum Gasteiger partial charge on any atom is 0.162 e. The Labute approximate surface area is 137 Å². The van der Waals surface area contributed by atoms with Crippen LogP contribution < -0.4 is 15.3 Å². The van der Waals surface area contributed by atoms with E-state index >= 15 is 0 Å². The smallest absolute Gasteiger partial charge is 0.162 e. The summed E-state index contributed by atoms with van der Waals surface area (Å²) in [4.78, 5) is 5.94. The fourth-order valence-corrected chi connectivity index (χ4v) is 3.29. The number of aromatic nitrogens is 1. The molecule has 1 aromatic carbocycles. The van der Waals surface area contributed by atoms with Gasteiger partial charge in [0.25, 0.3) is 0 Å². The van der Waals surface area contributed by atoms with Crippen molar-refractivity contribution in [2.45, 2.75) is 13.3 Å². The topological polar surface area (TPSA) is 66.8 Å².